The Morgan fingerprint density at radius 2 is 1.50 bits per heavy atom. The van der Waals surface area contributed by atoms with E-state index in [4.69, 9.17) is 25.4 Å². The van der Waals surface area contributed by atoms with Crippen LogP contribution < -0.4 is 25.8 Å². The first kappa shape index (κ1) is 29.7. The highest BCUT2D eigenvalue weighted by molar-refractivity contribution is 5.95. The fourth-order valence-corrected chi connectivity index (χ4v) is 4.42. The summed E-state index contributed by atoms with van der Waals surface area (Å²) in [7, 11) is 1.58. The lowest BCUT2D eigenvalue weighted by Crippen LogP contribution is -2.37. The summed E-state index contributed by atoms with van der Waals surface area (Å²) in [6.07, 6.45) is 0. The number of benzene rings is 4. The number of nitrogens with one attached hydrogen (secondary N) is 3. The van der Waals surface area contributed by atoms with Gasteiger partial charge < -0.3 is 30.6 Å². The molecule has 4 aromatic carbocycles. The summed E-state index contributed by atoms with van der Waals surface area (Å²) in [5.74, 6) is 0.0730. The van der Waals surface area contributed by atoms with Crippen LogP contribution in [0.5, 0.6) is 11.5 Å². The first-order valence-electron chi connectivity index (χ1n) is 13.4. The fraction of sp³-hybridized carbons (Fsp3) is 0.182. The zero-order valence-electron chi connectivity index (χ0n) is 23.5. The highest BCUT2D eigenvalue weighted by Crippen LogP contribution is 2.37. The predicted octanol–water partition coefficient (Wildman–Crippen LogP) is 5.13. The smallest absolute Gasteiger partial charge is 0.303 e. The second-order valence-electron chi connectivity index (χ2n) is 9.53. The van der Waals surface area contributed by atoms with E-state index in [2.05, 4.69) is 10.6 Å². The van der Waals surface area contributed by atoms with Crippen molar-refractivity contribution in [3.05, 3.63) is 125 Å². The topological polar surface area (TPSA) is 136 Å². The second-order valence-corrected chi connectivity index (χ2v) is 9.53. The lowest BCUT2D eigenvalue weighted by Gasteiger charge is -2.31. The van der Waals surface area contributed by atoms with Crippen LogP contribution in [0.2, 0.25) is 0 Å². The fourth-order valence-electron chi connectivity index (χ4n) is 4.42. The number of hydrogen-bond acceptors (Lipinski definition) is 7. The van der Waals surface area contributed by atoms with Crippen molar-refractivity contribution in [2.45, 2.75) is 25.6 Å². The molecule has 216 valence electrons. The number of amides is 1. The third-order valence-electron chi connectivity index (χ3n) is 6.52. The molecule has 0 aliphatic carbocycles. The number of ether oxygens (including phenoxy) is 3. The molecule has 0 radical (unpaired) electrons. The van der Waals surface area contributed by atoms with Crippen molar-refractivity contribution < 1.29 is 23.8 Å². The van der Waals surface area contributed by atoms with Gasteiger partial charge in [0.05, 0.1) is 19.2 Å². The van der Waals surface area contributed by atoms with Crippen LogP contribution in [-0.2, 0) is 20.9 Å². The van der Waals surface area contributed by atoms with E-state index in [0.717, 1.165) is 22.4 Å². The molecule has 0 bridgehead atoms. The monoisotopic (exact) mass is 566 g/mol. The molecular formula is C33H34N4O5. The Balaban J connectivity index is 1.71. The van der Waals surface area contributed by atoms with E-state index in [1.807, 2.05) is 91.0 Å². The molecule has 4 rings (SSSR count). The van der Waals surface area contributed by atoms with Gasteiger partial charge in [-0.3, -0.25) is 15.0 Å². The van der Waals surface area contributed by atoms with E-state index in [-0.39, 0.29) is 5.84 Å². The van der Waals surface area contributed by atoms with Crippen LogP contribution in [0, 0.1) is 5.41 Å². The minimum Gasteiger partial charge on any atom is -0.493 e. The summed E-state index contributed by atoms with van der Waals surface area (Å²) in [4.78, 5) is 24.3. The second kappa shape index (κ2) is 14.4. The standard InChI is InChI=1S/C33H34N4O5/c1-22(38)41-21-30(39)37-31(24-11-7-4-8-12-24)32(36-27-16-13-25(14-17-27)33(34)35)26-15-18-28(29(19-26)40-2)42-20-23-9-5-3-6-10-23/h3-19,31-32,36H,20-21H2,1-2H3,(H3,34,35)(H,37,39)/t31-,32-/m0/s1. The van der Waals surface area contributed by atoms with E-state index in [1.165, 1.54) is 6.92 Å². The van der Waals surface area contributed by atoms with Crippen LogP contribution in [0.3, 0.4) is 0 Å². The molecule has 1 amide bonds. The Kier molecular flexibility index (Phi) is 10.1. The van der Waals surface area contributed by atoms with Crippen molar-refractivity contribution in [3.8, 4) is 11.5 Å². The summed E-state index contributed by atoms with van der Waals surface area (Å²) in [6.45, 7) is 1.22. The van der Waals surface area contributed by atoms with Crippen LogP contribution in [0.25, 0.3) is 0 Å². The number of hydrogen-bond donors (Lipinski definition) is 4. The molecule has 0 saturated heterocycles. The Morgan fingerprint density at radius 3 is 2.12 bits per heavy atom. The van der Waals surface area contributed by atoms with Gasteiger partial charge in [-0.1, -0.05) is 66.7 Å². The van der Waals surface area contributed by atoms with Gasteiger partial charge in [-0.05, 0) is 53.1 Å². The first-order valence-corrected chi connectivity index (χ1v) is 13.4. The molecule has 0 heterocycles. The van der Waals surface area contributed by atoms with Crippen molar-refractivity contribution in [3.63, 3.8) is 0 Å². The summed E-state index contributed by atoms with van der Waals surface area (Å²) in [5.41, 5.74) is 9.63. The largest absolute Gasteiger partial charge is 0.493 e. The van der Waals surface area contributed by atoms with E-state index in [1.54, 1.807) is 19.2 Å². The molecule has 2 atom stereocenters. The molecule has 0 spiro atoms. The Morgan fingerprint density at radius 1 is 0.833 bits per heavy atom. The Labute approximate surface area is 245 Å². The maximum absolute atomic E-state index is 12.9. The van der Waals surface area contributed by atoms with Crippen LogP contribution >= 0.6 is 0 Å². The predicted molar refractivity (Wildman–Crippen MR) is 162 cm³/mol. The van der Waals surface area contributed by atoms with E-state index >= 15 is 0 Å². The maximum atomic E-state index is 12.9. The Hall–Kier alpha value is -5.31. The molecular weight excluding hydrogens is 532 g/mol. The SMILES string of the molecule is COc1cc([C@H](Nc2ccc(C(=N)N)cc2)[C@@H](NC(=O)COC(C)=O)c2ccccc2)ccc1OCc1ccccc1. The summed E-state index contributed by atoms with van der Waals surface area (Å²) in [5, 5.41) is 14.3. The quantitative estimate of drug-likeness (QED) is 0.100. The third kappa shape index (κ3) is 8.11. The molecule has 0 saturated carbocycles. The molecule has 5 N–H and O–H groups in total. The highest BCUT2D eigenvalue weighted by atomic mass is 16.5. The molecule has 0 fully saturated rings. The van der Waals surface area contributed by atoms with Gasteiger partial charge in [0.15, 0.2) is 18.1 Å². The van der Waals surface area contributed by atoms with Gasteiger partial charge in [-0.2, -0.15) is 0 Å². The zero-order chi connectivity index (χ0) is 29.9. The lowest BCUT2D eigenvalue weighted by atomic mass is 9.92. The van der Waals surface area contributed by atoms with Crippen molar-refractivity contribution in [2.24, 2.45) is 5.73 Å². The number of methoxy groups -OCH3 is 1. The average molecular weight is 567 g/mol. The maximum Gasteiger partial charge on any atom is 0.303 e. The van der Waals surface area contributed by atoms with E-state index in [9.17, 15) is 9.59 Å². The first-order chi connectivity index (χ1) is 20.3. The molecule has 0 aliphatic rings. The number of esters is 1. The molecule has 0 aromatic heterocycles. The van der Waals surface area contributed by atoms with Gasteiger partial charge in [0.1, 0.15) is 12.4 Å². The van der Waals surface area contributed by atoms with Gasteiger partial charge in [0, 0.05) is 18.2 Å². The van der Waals surface area contributed by atoms with Gasteiger partial charge in [-0.15, -0.1) is 0 Å². The number of rotatable bonds is 13. The number of nitrogens with two attached hydrogens (primary N) is 1. The van der Waals surface area contributed by atoms with Crippen LogP contribution in [0.1, 0.15) is 41.3 Å². The molecule has 4 aromatic rings. The Bertz CT molecular complexity index is 1490. The molecule has 0 aliphatic heterocycles. The van der Waals surface area contributed by atoms with Gasteiger partial charge in [0.2, 0.25) is 0 Å². The minimum atomic E-state index is -0.581. The number of amidine groups is 1. The summed E-state index contributed by atoms with van der Waals surface area (Å²) < 4.78 is 16.7. The number of anilines is 1. The van der Waals surface area contributed by atoms with Crippen molar-refractivity contribution in [1.29, 1.82) is 5.41 Å². The third-order valence-corrected chi connectivity index (χ3v) is 6.52. The van der Waals surface area contributed by atoms with Crippen LogP contribution in [-0.4, -0.2) is 31.4 Å². The van der Waals surface area contributed by atoms with Crippen molar-refractivity contribution in [2.75, 3.05) is 19.0 Å². The minimum absolute atomic E-state index is 0.0335. The molecule has 42 heavy (non-hydrogen) atoms. The van der Waals surface area contributed by atoms with Gasteiger partial charge in [0.25, 0.3) is 5.91 Å². The van der Waals surface area contributed by atoms with Crippen LogP contribution in [0.4, 0.5) is 5.69 Å². The van der Waals surface area contributed by atoms with Gasteiger partial charge in [-0.25, -0.2) is 0 Å². The molecule has 0 unspecified atom stereocenters. The van der Waals surface area contributed by atoms with Crippen LogP contribution in [0.15, 0.2) is 103 Å². The number of carbonyl (C=O) groups is 2. The lowest BCUT2D eigenvalue weighted by molar-refractivity contribution is -0.146. The summed E-state index contributed by atoms with van der Waals surface area (Å²) >= 11 is 0. The normalized spacial score (nSPS) is 12.0. The highest BCUT2D eigenvalue weighted by Gasteiger charge is 2.28. The average Bonchev–Trinajstić information content (AvgIpc) is 3.01. The number of carbonyl (C=O) groups excluding carboxylic acids is 2. The van der Waals surface area contributed by atoms with E-state index < -0.39 is 30.6 Å². The molecule has 9 heteroatoms. The zero-order valence-corrected chi connectivity index (χ0v) is 23.5. The van der Waals surface area contributed by atoms with Crippen molar-refractivity contribution in [1.82, 2.24) is 5.32 Å². The van der Waals surface area contributed by atoms with Crippen molar-refractivity contribution >= 4 is 23.4 Å². The summed E-state index contributed by atoms with van der Waals surface area (Å²) in [6, 6.07) is 31.0. The molecule has 9 nitrogen and oxygen atoms in total. The number of nitrogen functional groups attached to an aromatic ring is 1. The van der Waals surface area contributed by atoms with E-state index in [0.29, 0.717) is 23.7 Å². The van der Waals surface area contributed by atoms with Gasteiger partial charge >= 0.3 is 5.97 Å².